The number of ether oxygens (including phenoxy) is 1. The minimum atomic E-state index is 0.0243. The standard InChI is InChI=1S/C11H23NO2/c1-3-12-11(8-9-13)7-5-4-6-10(11)14-2/h10,12-13H,3-9H2,1-2H3. The first-order chi connectivity index (χ1) is 6.79. The van der Waals surface area contributed by atoms with Crippen LogP contribution in [0.1, 0.15) is 39.0 Å². The zero-order valence-corrected chi connectivity index (χ0v) is 9.38. The van der Waals surface area contributed by atoms with E-state index in [1.807, 2.05) is 0 Å². The van der Waals surface area contributed by atoms with E-state index in [0.717, 1.165) is 25.8 Å². The molecule has 0 aromatic heterocycles. The van der Waals surface area contributed by atoms with E-state index in [-0.39, 0.29) is 18.2 Å². The Labute approximate surface area is 86.8 Å². The van der Waals surface area contributed by atoms with Gasteiger partial charge in [-0.2, -0.15) is 0 Å². The molecule has 2 atom stereocenters. The van der Waals surface area contributed by atoms with Crippen molar-refractivity contribution >= 4 is 0 Å². The third-order valence-corrected chi connectivity index (χ3v) is 3.33. The molecule has 0 spiro atoms. The second-order valence-electron chi connectivity index (χ2n) is 4.13. The number of hydrogen-bond acceptors (Lipinski definition) is 3. The van der Waals surface area contributed by atoms with Gasteiger partial charge >= 0.3 is 0 Å². The van der Waals surface area contributed by atoms with Crippen molar-refractivity contribution in [3.8, 4) is 0 Å². The first-order valence-corrected chi connectivity index (χ1v) is 5.67. The Morgan fingerprint density at radius 3 is 2.86 bits per heavy atom. The molecule has 1 aliphatic carbocycles. The lowest BCUT2D eigenvalue weighted by atomic mass is 9.77. The average molecular weight is 201 g/mol. The van der Waals surface area contributed by atoms with E-state index in [4.69, 9.17) is 9.84 Å². The molecular weight excluding hydrogens is 178 g/mol. The maximum atomic E-state index is 9.13. The van der Waals surface area contributed by atoms with Crippen LogP contribution in [0.3, 0.4) is 0 Å². The van der Waals surface area contributed by atoms with E-state index < -0.39 is 0 Å². The summed E-state index contributed by atoms with van der Waals surface area (Å²) < 4.78 is 5.54. The van der Waals surface area contributed by atoms with Gasteiger partial charge in [-0.05, 0) is 25.8 Å². The maximum Gasteiger partial charge on any atom is 0.0753 e. The minimum Gasteiger partial charge on any atom is -0.396 e. The molecule has 0 aromatic rings. The second kappa shape index (κ2) is 5.69. The molecule has 2 N–H and O–H groups in total. The molecule has 1 aliphatic rings. The molecule has 1 saturated carbocycles. The molecule has 14 heavy (non-hydrogen) atoms. The summed E-state index contributed by atoms with van der Waals surface area (Å²) in [6.07, 6.45) is 5.80. The smallest absolute Gasteiger partial charge is 0.0753 e. The van der Waals surface area contributed by atoms with Gasteiger partial charge in [0.15, 0.2) is 0 Å². The fourth-order valence-corrected chi connectivity index (χ4v) is 2.68. The lowest BCUT2D eigenvalue weighted by Crippen LogP contribution is -2.57. The zero-order valence-electron chi connectivity index (χ0n) is 9.38. The Morgan fingerprint density at radius 2 is 2.29 bits per heavy atom. The molecule has 0 amide bonds. The van der Waals surface area contributed by atoms with Crippen LogP contribution in [0.5, 0.6) is 0 Å². The Kier molecular flexibility index (Phi) is 4.85. The number of aliphatic hydroxyl groups is 1. The van der Waals surface area contributed by atoms with E-state index in [2.05, 4.69) is 12.2 Å². The lowest BCUT2D eigenvalue weighted by Gasteiger charge is -2.44. The highest BCUT2D eigenvalue weighted by Gasteiger charge is 2.39. The van der Waals surface area contributed by atoms with Crippen molar-refractivity contribution in [3.05, 3.63) is 0 Å². The summed E-state index contributed by atoms with van der Waals surface area (Å²) in [5, 5.41) is 12.6. The molecule has 0 bridgehead atoms. The molecule has 0 heterocycles. The summed E-state index contributed by atoms with van der Waals surface area (Å²) in [6.45, 7) is 3.30. The van der Waals surface area contributed by atoms with Crippen LogP contribution in [-0.4, -0.2) is 37.0 Å². The summed E-state index contributed by atoms with van der Waals surface area (Å²) >= 11 is 0. The van der Waals surface area contributed by atoms with Crippen LogP contribution < -0.4 is 5.32 Å². The van der Waals surface area contributed by atoms with Gasteiger partial charge in [0, 0.05) is 19.3 Å². The molecule has 0 aliphatic heterocycles. The molecule has 84 valence electrons. The molecule has 0 radical (unpaired) electrons. The molecule has 3 nitrogen and oxygen atoms in total. The highest BCUT2D eigenvalue weighted by Crippen LogP contribution is 2.32. The van der Waals surface area contributed by atoms with Crippen LogP contribution >= 0.6 is 0 Å². The predicted molar refractivity (Wildman–Crippen MR) is 57.4 cm³/mol. The molecular formula is C11H23NO2. The van der Waals surface area contributed by atoms with Gasteiger partial charge in [-0.15, -0.1) is 0 Å². The first kappa shape index (κ1) is 12.0. The summed E-state index contributed by atoms with van der Waals surface area (Å²) in [5.41, 5.74) is 0.0243. The van der Waals surface area contributed by atoms with E-state index >= 15 is 0 Å². The molecule has 1 rings (SSSR count). The Morgan fingerprint density at radius 1 is 1.50 bits per heavy atom. The van der Waals surface area contributed by atoms with E-state index in [1.54, 1.807) is 7.11 Å². The van der Waals surface area contributed by atoms with Crippen molar-refractivity contribution in [2.75, 3.05) is 20.3 Å². The van der Waals surface area contributed by atoms with Gasteiger partial charge in [0.25, 0.3) is 0 Å². The van der Waals surface area contributed by atoms with Crippen molar-refractivity contribution in [1.82, 2.24) is 5.32 Å². The van der Waals surface area contributed by atoms with Crippen molar-refractivity contribution < 1.29 is 9.84 Å². The Balaban J connectivity index is 2.68. The van der Waals surface area contributed by atoms with Crippen LogP contribution in [0.2, 0.25) is 0 Å². The van der Waals surface area contributed by atoms with E-state index in [9.17, 15) is 0 Å². The van der Waals surface area contributed by atoms with Gasteiger partial charge in [-0.1, -0.05) is 19.8 Å². The van der Waals surface area contributed by atoms with Crippen LogP contribution in [0.15, 0.2) is 0 Å². The van der Waals surface area contributed by atoms with Crippen molar-refractivity contribution in [2.45, 2.75) is 50.7 Å². The predicted octanol–water partition coefficient (Wildman–Crippen LogP) is 1.31. The van der Waals surface area contributed by atoms with Gasteiger partial charge < -0.3 is 15.2 Å². The SMILES string of the molecule is CCNC1(CCO)CCCCC1OC. The third-order valence-electron chi connectivity index (χ3n) is 3.33. The fraction of sp³-hybridized carbons (Fsp3) is 1.00. The number of aliphatic hydroxyl groups excluding tert-OH is 1. The molecule has 2 unspecified atom stereocenters. The van der Waals surface area contributed by atoms with Crippen LogP contribution in [0, 0.1) is 0 Å². The minimum absolute atomic E-state index is 0.0243. The summed E-state index contributed by atoms with van der Waals surface area (Å²) in [5.74, 6) is 0. The van der Waals surface area contributed by atoms with E-state index in [1.165, 1.54) is 12.8 Å². The molecule has 0 saturated heterocycles. The number of rotatable bonds is 5. The van der Waals surface area contributed by atoms with Crippen LogP contribution in [0.25, 0.3) is 0 Å². The number of methoxy groups -OCH3 is 1. The van der Waals surface area contributed by atoms with Crippen LogP contribution in [0.4, 0.5) is 0 Å². The topological polar surface area (TPSA) is 41.5 Å². The number of likely N-dealkylation sites (N-methyl/N-ethyl adjacent to an activating group) is 1. The van der Waals surface area contributed by atoms with Crippen LogP contribution in [-0.2, 0) is 4.74 Å². The largest absolute Gasteiger partial charge is 0.396 e. The van der Waals surface area contributed by atoms with E-state index in [0.29, 0.717) is 0 Å². The molecule has 3 heteroatoms. The lowest BCUT2D eigenvalue weighted by molar-refractivity contribution is -0.0224. The van der Waals surface area contributed by atoms with Gasteiger partial charge in [-0.25, -0.2) is 0 Å². The third kappa shape index (κ3) is 2.47. The highest BCUT2D eigenvalue weighted by atomic mass is 16.5. The summed E-state index contributed by atoms with van der Waals surface area (Å²) in [4.78, 5) is 0. The Bertz CT molecular complexity index is 150. The van der Waals surface area contributed by atoms with Gasteiger partial charge in [-0.3, -0.25) is 0 Å². The summed E-state index contributed by atoms with van der Waals surface area (Å²) in [6, 6.07) is 0. The first-order valence-electron chi connectivity index (χ1n) is 5.67. The molecule has 0 aromatic carbocycles. The number of nitrogens with one attached hydrogen (secondary N) is 1. The average Bonchev–Trinajstić information content (AvgIpc) is 2.19. The maximum absolute atomic E-state index is 9.13. The summed E-state index contributed by atoms with van der Waals surface area (Å²) in [7, 11) is 1.78. The fourth-order valence-electron chi connectivity index (χ4n) is 2.68. The van der Waals surface area contributed by atoms with Gasteiger partial charge in [0.05, 0.1) is 6.10 Å². The van der Waals surface area contributed by atoms with Gasteiger partial charge in [0.1, 0.15) is 0 Å². The quantitative estimate of drug-likeness (QED) is 0.704. The number of hydrogen-bond donors (Lipinski definition) is 2. The monoisotopic (exact) mass is 201 g/mol. The van der Waals surface area contributed by atoms with Gasteiger partial charge in [0.2, 0.25) is 0 Å². The zero-order chi connectivity index (χ0) is 10.4. The normalized spacial score (nSPS) is 33.2. The van der Waals surface area contributed by atoms with Crippen molar-refractivity contribution in [3.63, 3.8) is 0 Å². The second-order valence-corrected chi connectivity index (χ2v) is 4.13. The Hall–Kier alpha value is -0.120. The molecule has 1 fully saturated rings. The van der Waals surface area contributed by atoms with Crippen molar-refractivity contribution in [2.24, 2.45) is 0 Å². The van der Waals surface area contributed by atoms with Crippen molar-refractivity contribution in [1.29, 1.82) is 0 Å². The highest BCUT2D eigenvalue weighted by molar-refractivity contribution is 4.97.